The second-order valence-corrected chi connectivity index (χ2v) is 18.0. The third-order valence-electron chi connectivity index (χ3n) is 10.6. The van der Waals surface area contributed by atoms with Gasteiger partial charge >= 0.3 is 0 Å². The Kier molecular flexibility index (Phi) is 12.9. The van der Waals surface area contributed by atoms with Crippen molar-refractivity contribution in [3.63, 3.8) is 0 Å². The monoisotopic (exact) mass is 847 g/mol. The summed E-state index contributed by atoms with van der Waals surface area (Å²) in [6.45, 7) is 4.40. The van der Waals surface area contributed by atoms with E-state index in [4.69, 9.17) is 4.42 Å². The van der Waals surface area contributed by atoms with Crippen molar-refractivity contribution in [3.8, 4) is 22.5 Å². The molecule has 6 nitrogen and oxygen atoms in total. The van der Waals surface area contributed by atoms with Crippen molar-refractivity contribution in [1.29, 1.82) is 0 Å². The highest BCUT2D eigenvalue weighted by Crippen LogP contribution is 2.44. The Bertz CT molecular complexity index is 2900. The average molecular weight is 848 g/mol. The van der Waals surface area contributed by atoms with E-state index in [1.807, 2.05) is 24.3 Å². The SMILES string of the molecule is CCCc1ccccc1N(CSc1ccccc1)c1ccc2c(-c3ccccc3S(=O)(=O)O)c3cc/c(=[N+](/CSc4ccccc4)c4ccccc4CCC)cc-3oc2c1. The largest absolute Gasteiger partial charge is 0.456 e. The van der Waals surface area contributed by atoms with Gasteiger partial charge in [0, 0.05) is 67.0 Å². The van der Waals surface area contributed by atoms with Gasteiger partial charge in [-0.15, -0.1) is 11.8 Å². The van der Waals surface area contributed by atoms with Crippen LogP contribution in [0, 0.1) is 0 Å². The first-order chi connectivity index (χ1) is 29.3. The Morgan fingerprint density at radius 2 is 1.27 bits per heavy atom. The summed E-state index contributed by atoms with van der Waals surface area (Å²) in [7, 11) is -4.57. The molecule has 302 valence electrons. The van der Waals surface area contributed by atoms with Gasteiger partial charge < -0.3 is 9.32 Å². The van der Waals surface area contributed by atoms with Crippen molar-refractivity contribution in [2.45, 2.75) is 54.2 Å². The molecule has 1 aliphatic carbocycles. The van der Waals surface area contributed by atoms with Gasteiger partial charge in [0.25, 0.3) is 10.1 Å². The summed E-state index contributed by atoms with van der Waals surface area (Å²) >= 11 is 3.52. The minimum absolute atomic E-state index is 0.157. The number of fused-ring (bicyclic) bond motifs is 2. The highest BCUT2D eigenvalue weighted by molar-refractivity contribution is 7.99. The van der Waals surface area contributed by atoms with Crippen molar-refractivity contribution in [2.24, 2.45) is 0 Å². The maximum Gasteiger partial charge on any atom is 0.295 e. The van der Waals surface area contributed by atoms with Crippen LogP contribution in [0.1, 0.15) is 37.8 Å². The Labute approximate surface area is 361 Å². The van der Waals surface area contributed by atoms with Crippen molar-refractivity contribution in [2.75, 3.05) is 16.7 Å². The fourth-order valence-corrected chi connectivity index (χ4v) is 10.3. The maximum absolute atomic E-state index is 13.0. The zero-order valence-electron chi connectivity index (χ0n) is 33.7. The number of rotatable bonds is 15. The molecule has 6 aromatic rings. The molecule has 0 saturated carbocycles. The van der Waals surface area contributed by atoms with E-state index in [0.29, 0.717) is 34.2 Å². The van der Waals surface area contributed by atoms with Crippen molar-refractivity contribution < 1.29 is 17.4 Å². The summed E-state index contributed by atoms with van der Waals surface area (Å²) in [6, 6.07) is 56.9. The minimum Gasteiger partial charge on any atom is -0.456 e. The lowest BCUT2D eigenvalue weighted by molar-refractivity contribution is 0.483. The molecule has 1 heterocycles. The molecule has 0 bridgehead atoms. The van der Waals surface area contributed by atoms with Crippen LogP contribution in [0.15, 0.2) is 189 Å². The van der Waals surface area contributed by atoms with E-state index >= 15 is 0 Å². The molecule has 0 aromatic heterocycles. The molecule has 2 aliphatic rings. The topological polar surface area (TPSA) is 73.8 Å². The molecule has 60 heavy (non-hydrogen) atoms. The molecule has 8 rings (SSSR count). The molecule has 0 spiro atoms. The van der Waals surface area contributed by atoms with Crippen LogP contribution >= 0.6 is 23.5 Å². The summed E-state index contributed by atoms with van der Waals surface area (Å²) in [6.07, 6.45) is 3.90. The molecular formula is C51H47N2O4S3+. The van der Waals surface area contributed by atoms with E-state index in [9.17, 15) is 13.0 Å². The number of thioether (sulfide) groups is 2. The van der Waals surface area contributed by atoms with Crippen LogP contribution in [0.4, 0.5) is 17.1 Å². The predicted molar refractivity (Wildman–Crippen MR) is 250 cm³/mol. The lowest BCUT2D eigenvalue weighted by atomic mass is 9.93. The van der Waals surface area contributed by atoms with Crippen molar-refractivity contribution >= 4 is 61.7 Å². The molecule has 0 fully saturated rings. The Balaban J connectivity index is 1.38. The number of aryl methyl sites for hydroxylation is 2. The molecule has 0 radical (unpaired) electrons. The average Bonchev–Trinajstić information content (AvgIpc) is 3.27. The highest BCUT2D eigenvalue weighted by atomic mass is 32.2. The molecular weight excluding hydrogens is 801 g/mol. The summed E-state index contributed by atoms with van der Waals surface area (Å²) in [5, 5.41) is 1.68. The number of hydrogen-bond acceptors (Lipinski definition) is 6. The van der Waals surface area contributed by atoms with Gasteiger partial charge in [-0.2, -0.15) is 13.0 Å². The van der Waals surface area contributed by atoms with E-state index < -0.39 is 10.1 Å². The fraction of sp³-hybridized carbons (Fsp3) is 0.157. The molecule has 1 N–H and O–H groups in total. The van der Waals surface area contributed by atoms with Crippen molar-refractivity contribution in [3.05, 3.63) is 186 Å². The van der Waals surface area contributed by atoms with Gasteiger partial charge in [0.2, 0.25) is 11.0 Å². The molecule has 0 unspecified atom stereocenters. The zero-order valence-corrected chi connectivity index (χ0v) is 36.1. The Hall–Kier alpha value is -5.58. The summed E-state index contributed by atoms with van der Waals surface area (Å²) < 4.78 is 45.8. The molecule has 0 atom stereocenters. The van der Waals surface area contributed by atoms with Crippen LogP contribution < -0.4 is 14.8 Å². The molecule has 6 aromatic carbocycles. The first-order valence-electron chi connectivity index (χ1n) is 20.3. The van der Waals surface area contributed by atoms with Gasteiger partial charge in [-0.3, -0.25) is 4.55 Å². The third kappa shape index (κ3) is 9.10. The van der Waals surface area contributed by atoms with Gasteiger partial charge in [0.05, 0.1) is 11.9 Å². The minimum atomic E-state index is -4.57. The van der Waals surface area contributed by atoms with Crippen molar-refractivity contribution in [1.82, 2.24) is 4.58 Å². The quantitative estimate of drug-likeness (QED) is 0.0362. The zero-order chi connectivity index (χ0) is 41.5. The first-order valence-corrected chi connectivity index (χ1v) is 23.7. The lowest BCUT2D eigenvalue weighted by Crippen LogP contribution is -2.26. The molecule has 1 aliphatic heterocycles. The number of benzene rings is 7. The van der Waals surface area contributed by atoms with Gasteiger partial charge in [-0.25, -0.2) is 0 Å². The van der Waals surface area contributed by atoms with Crippen LogP contribution in [0.25, 0.3) is 33.4 Å². The lowest BCUT2D eigenvalue weighted by Gasteiger charge is -2.28. The van der Waals surface area contributed by atoms with Gasteiger partial charge in [-0.1, -0.05) is 129 Å². The third-order valence-corrected chi connectivity index (χ3v) is 13.5. The van der Waals surface area contributed by atoms with Gasteiger partial charge in [-0.05, 0) is 73.0 Å². The van der Waals surface area contributed by atoms with E-state index in [2.05, 4.69) is 145 Å². The van der Waals surface area contributed by atoms with E-state index in [-0.39, 0.29) is 4.90 Å². The standard InChI is InChI=1S/C51H46N2O4S3/c1-3-17-37-19-11-14-26-46(37)52(35-58-41-21-7-5-8-22-41)39-29-31-43-48(33-39)57-49-34-40(30-32-44(49)51(43)45-25-13-16-28-50(45)60(54,55)56)53(36-59-42-23-9-6-10-24-42)47-27-15-12-20-38(47)18-4-2/h5-16,19-34H,3-4,17-18,35-36H2,1-2H3/p+1. The summed E-state index contributed by atoms with van der Waals surface area (Å²) in [5.74, 6) is 1.89. The second kappa shape index (κ2) is 18.8. The predicted octanol–water partition coefficient (Wildman–Crippen LogP) is 13.1. The first kappa shape index (κ1) is 41.2. The van der Waals surface area contributed by atoms with Gasteiger partial charge in [0.1, 0.15) is 16.2 Å². The molecule has 9 heteroatoms. The number of para-hydroxylation sites is 2. The smallest absolute Gasteiger partial charge is 0.295 e. The van der Waals surface area contributed by atoms with Gasteiger partial charge in [0.15, 0.2) is 5.88 Å². The number of hydrogen-bond donors (Lipinski definition) is 1. The highest BCUT2D eigenvalue weighted by Gasteiger charge is 2.26. The van der Waals surface area contributed by atoms with Crippen LogP contribution in [-0.4, -0.2) is 24.7 Å². The fourth-order valence-electron chi connectivity index (χ4n) is 7.78. The molecule has 0 amide bonds. The van der Waals surface area contributed by atoms with E-state index in [0.717, 1.165) is 59.1 Å². The number of anilines is 2. The normalized spacial score (nSPS) is 12.2. The van der Waals surface area contributed by atoms with E-state index in [1.54, 1.807) is 41.7 Å². The second-order valence-electron chi connectivity index (χ2n) is 14.6. The van der Waals surface area contributed by atoms with Crippen LogP contribution in [-0.2, 0) is 23.0 Å². The van der Waals surface area contributed by atoms with Crippen LogP contribution in [0.5, 0.6) is 0 Å². The Morgan fingerprint density at radius 1 is 0.633 bits per heavy atom. The van der Waals surface area contributed by atoms with Crippen LogP contribution in [0.2, 0.25) is 0 Å². The Morgan fingerprint density at radius 3 is 2.00 bits per heavy atom. The molecule has 0 saturated heterocycles. The van der Waals surface area contributed by atoms with E-state index in [1.165, 1.54) is 27.0 Å². The summed E-state index contributed by atoms with van der Waals surface area (Å²) in [4.78, 5) is 4.51. The van der Waals surface area contributed by atoms with Crippen LogP contribution in [0.3, 0.4) is 0 Å². The summed E-state index contributed by atoms with van der Waals surface area (Å²) in [5.41, 5.74) is 8.11. The number of nitrogens with zero attached hydrogens (tertiary/aromatic N) is 2. The maximum atomic E-state index is 13.0.